The average molecular weight is 377 g/mol. The number of aliphatic imine (C=N–C) groups is 1. The molecule has 1 fully saturated rings. The van der Waals surface area contributed by atoms with Crippen LogP contribution in [0.5, 0.6) is 0 Å². The fourth-order valence-corrected chi connectivity index (χ4v) is 4.25. The van der Waals surface area contributed by atoms with Gasteiger partial charge in [0.15, 0.2) is 0 Å². The lowest BCUT2D eigenvalue weighted by Gasteiger charge is -2.33. The van der Waals surface area contributed by atoms with E-state index in [4.69, 9.17) is 4.99 Å². The maximum Gasteiger partial charge on any atom is 0.133 e. The second-order valence-electron chi connectivity index (χ2n) is 7.99. The van der Waals surface area contributed by atoms with Gasteiger partial charge in [-0.2, -0.15) is 0 Å². The first-order chi connectivity index (χ1) is 13.8. The Morgan fingerprint density at radius 2 is 2.07 bits per heavy atom. The molecule has 0 amide bonds. The quantitative estimate of drug-likeness (QED) is 0.789. The van der Waals surface area contributed by atoms with E-state index in [1.165, 1.54) is 48.2 Å². The number of rotatable bonds is 6. The summed E-state index contributed by atoms with van der Waals surface area (Å²) >= 11 is 0. The zero-order chi connectivity index (χ0) is 19.3. The second kappa shape index (κ2) is 8.78. The Kier molecular flexibility index (Phi) is 5.96. The number of amidine groups is 1. The monoisotopic (exact) mass is 376 g/mol. The van der Waals surface area contributed by atoms with Gasteiger partial charge in [-0.15, -0.1) is 0 Å². The smallest absolute Gasteiger partial charge is 0.133 e. The highest BCUT2D eigenvalue weighted by Gasteiger charge is 2.22. The van der Waals surface area contributed by atoms with Gasteiger partial charge in [0.25, 0.3) is 0 Å². The van der Waals surface area contributed by atoms with Gasteiger partial charge < -0.3 is 15.1 Å². The number of benzene rings is 1. The lowest BCUT2D eigenvalue weighted by Crippen LogP contribution is -2.44. The van der Waals surface area contributed by atoms with Crippen molar-refractivity contribution >= 4 is 17.1 Å². The number of nitrogens with zero attached hydrogens (tertiary/aromatic N) is 3. The van der Waals surface area contributed by atoms with Crippen LogP contribution < -0.4 is 10.2 Å². The molecule has 1 atom stereocenters. The van der Waals surface area contributed by atoms with Crippen LogP contribution in [0.3, 0.4) is 0 Å². The molecule has 0 aromatic heterocycles. The predicted octanol–water partition coefficient (Wildman–Crippen LogP) is 4.57. The van der Waals surface area contributed by atoms with Gasteiger partial charge in [-0.05, 0) is 62.1 Å². The van der Waals surface area contributed by atoms with Gasteiger partial charge in [-0.3, -0.25) is 0 Å². The van der Waals surface area contributed by atoms with Crippen molar-refractivity contribution in [2.75, 3.05) is 31.6 Å². The van der Waals surface area contributed by atoms with Crippen LogP contribution in [-0.2, 0) is 0 Å². The van der Waals surface area contributed by atoms with E-state index in [-0.39, 0.29) is 0 Å². The number of unbranched alkanes of at least 4 members (excludes halogenated alkanes) is 1. The minimum Gasteiger partial charge on any atom is -0.370 e. The van der Waals surface area contributed by atoms with Crippen molar-refractivity contribution in [2.24, 2.45) is 4.99 Å². The van der Waals surface area contributed by atoms with Gasteiger partial charge in [-0.25, -0.2) is 4.99 Å². The van der Waals surface area contributed by atoms with E-state index in [1.807, 2.05) is 0 Å². The van der Waals surface area contributed by atoms with Crippen molar-refractivity contribution < 1.29 is 0 Å². The molecule has 28 heavy (non-hydrogen) atoms. The molecule has 1 N–H and O–H groups in total. The molecule has 3 heterocycles. The van der Waals surface area contributed by atoms with E-state index in [9.17, 15) is 0 Å². The first kappa shape index (κ1) is 19.0. The summed E-state index contributed by atoms with van der Waals surface area (Å²) in [6.07, 6.45) is 14.4. The molecule has 0 saturated carbocycles. The van der Waals surface area contributed by atoms with E-state index in [2.05, 4.69) is 77.8 Å². The summed E-state index contributed by atoms with van der Waals surface area (Å²) in [6.45, 7) is 5.38. The van der Waals surface area contributed by atoms with Crippen molar-refractivity contribution in [3.63, 3.8) is 0 Å². The van der Waals surface area contributed by atoms with Crippen LogP contribution in [0, 0.1) is 0 Å². The van der Waals surface area contributed by atoms with Gasteiger partial charge >= 0.3 is 0 Å². The van der Waals surface area contributed by atoms with Gasteiger partial charge in [-0.1, -0.05) is 31.6 Å². The molecule has 1 aromatic rings. The Morgan fingerprint density at radius 3 is 2.82 bits per heavy atom. The maximum atomic E-state index is 5.00. The second-order valence-corrected chi connectivity index (χ2v) is 7.99. The van der Waals surface area contributed by atoms with Crippen molar-refractivity contribution in [1.29, 1.82) is 0 Å². The van der Waals surface area contributed by atoms with Crippen LogP contribution in [0.4, 0.5) is 5.69 Å². The molecule has 0 aliphatic carbocycles. The molecular weight excluding hydrogens is 344 g/mol. The number of nitrogens with one attached hydrogen (secondary N) is 1. The van der Waals surface area contributed by atoms with Gasteiger partial charge in [0.05, 0.1) is 6.54 Å². The fourth-order valence-electron chi connectivity index (χ4n) is 4.25. The van der Waals surface area contributed by atoms with E-state index in [0.29, 0.717) is 6.04 Å². The number of anilines is 1. The summed E-state index contributed by atoms with van der Waals surface area (Å²) in [5.74, 6) is 1.07. The molecule has 0 spiro atoms. The molecule has 0 radical (unpaired) electrons. The van der Waals surface area contributed by atoms with Crippen LogP contribution >= 0.6 is 0 Å². The maximum absolute atomic E-state index is 5.00. The van der Waals surface area contributed by atoms with Crippen molar-refractivity contribution in [3.8, 4) is 0 Å². The molecule has 148 valence electrons. The zero-order valence-electron chi connectivity index (χ0n) is 17.2. The fraction of sp³-hybridized carbons (Fsp3) is 0.458. The zero-order valence-corrected chi connectivity index (χ0v) is 17.2. The first-order valence-electron chi connectivity index (χ1n) is 10.7. The largest absolute Gasteiger partial charge is 0.370 e. The van der Waals surface area contributed by atoms with E-state index in [1.54, 1.807) is 0 Å². The number of piperidine rings is 1. The first-order valence-corrected chi connectivity index (χ1v) is 10.7. The molecule has 1 saturated heterocycles. The molecule has 1 unspecified atom stereocenters. The van der Waals surface area contributed by atoms with Gasteiger partial charge in [0.1, 0.15) is 5.84 Å². The molecule has 0 bridgehead atoms. The van der Waals surface area contributed by atoms with Gasteiger partial charge in [0.2, 0.25) is 0 Å². The SMILES string of the molecule is CCCCC1=C(c2ccc(N(C)C3CCCNC3)cc2)CN2C=CC=CC2=N1. The Hall–Kier alpha value is -2.33. The highest BCUT2D eigenvalue weighted by atomic mass is 15.2. The summed E-state index contributed by atoms with van der Waals surface area (Å²) < 4.78 is 0. The molecule has 4 nitrogen and oxygen atoms in total. The molecule has 3 aliphatic heterocycles. The molecule has 4 rings (SSSR count). The number of allylic oxidation sites excluding steroid dienone is 3. The van der Waals surface area contributed by atoms with E-state index >= 15 is 0 Å². The number of fused-ring (bicyclic) bond motifs is 1. The topological polar surface area (TPSA) is 30.9 Å². The predicted molar refractivity (Wildman–Crippen MR) is 120 cm³/mol. The van der Waals surface area contributed by atoms with E-state index in [0.717, 1.165) is 31.9 Å². The summed E-state index contributed by atoms with van der Waals surface area (Å²) in [6, 6.07) is 9.71. The van der Waals surface area contributed by atoms with Crippen LogP contribution in [0.2, 0.25) is 0 Å². The van der Waals surface area contributed by atoms with Gasteiger partial charge in [0, 0.05) is 42.8 Å². The standard InChI is InChI=1S/C24H32N4/c1-3-4-9-23-22(18-28-16-6-5-10-24(28)26-23)19-11-13-20(14-12-19)27(2)21-8-7-15-25-17-21/h5-6,10-14,16,21,25H,3-4,7-9,15,17-18H2,1-2H3. The number of hydrogen-bond donors (Lipinski definition) is 1. The third kappa shape index (κ3) is 4.07. The lowest BCUT2D eigenvalue weighted by molar-refractivity contribution is 0.445. The Bertz CT molecular complexity index is 794. The van der Waals surface area contributed by atoms with E-state index < -0.39 is 0 Å². The molecular formula is C24H32N4. The summed E-state index contributed by atoms with van der Waals surface area (Å²) in [7, 11) is 2.22. The third-order valence-corrected chi connectivity index (χ3v) is 6.05. The summed E-state index contributed by atoms with van der Waals surface area (Å²) in [5.41, 5.74) is 5.22. The summed E-state index contributed by atoms with van der Waals surface area (Å²) in [5, 5.41) is 3.52. The highest BCUT2D eigenvalue weighted by molar-refractivity contribution is 5.99. The molecule has 1 aromatic carbocycles. The minimum absolute atomic E-state index is 0.589. The minimum atomic E-state index is 0.589. The van der Waals surface area contributed by atoms with Crippen molar-refractivity contribution in [3.05, 3.63) is 60.0 Å². The Balaban J connectivity index is 1.58. The van der Waals surface area contributed by atoms with Crippen LogP contribution in [0.1, 0.15) is 44.6 Å². The Labute approximate surface area is 169 Å². The molecule has 3 aliphatic rings. The van der Waals surface area contributed by atoms with Crippen molar-refractivity contribution in [1.82, 2.24) is 10.2 Å². The third-order valence-electron chi connectivity index (χ3n) is 6.05. The number of likely N-dealkylation sites (N-methyl/N-ethyl adjacent to an activating group) is 1. The van der Waals surface area contributed by atoms with Crippen LogP contribution in [-0.4, -0.2) is 43.5 Å². The lowest BCUT2D eigenvalue weighted by atomic mass is 9.97. The molecule has 4 heteroatoms. The Morgan fingerprint density at radius 1 is 1.21 bits per heavy atom. The van der Waals surface area contributed by atoms with Crippen LogP contribution in [0.15, 0.2) is 59.4 Å². The van der Waals surface area contributed by atoms with Crippen LogP contribution in [0.25, 0.3) is 5.57 Å². The van der Waals surface area contributed by atoms with Crippen molar-refractivity contribution in [2.45, 2.75) is 45.1 Å². The average Bonchev–Trinajstić information content (AvgIpc) is 2.77. The summed E-state index contributed by atoms with van der Waals surface area (Å²) in [4.78, 5) is 9.67. The number of hydrogen-bond acceptors (Lipinski definition) is 4. The normalized spacial score (nSPS) is 21.6. The highest BCUT2D eigenvalue weighted by Crippen LogP contribution is 2.31.